The SMILES string of the molecule is CC(C)[C@H]1C(=O)N(S(C)(=O)=O)C2=CCN(C(=O)c3ccc(CN(C)C)s3)[C@@H]21. The Bertz CT molecular complexity index is 901. The van der Waals surface area contributed by atoms with E-state index in [0.29, 0.717) is 17.1 Å². The Labute approximate surface area is 164 Å². The number of rotatable bonds is 5. The van der Waals surface area contributed by atoms with Crippen LogP contribution in [0.5, 0.6) is 0 Å². The molecule has 1 fully saturated rings. The molecule has 3 heterocycles. The first-order valence-corrected chi connectivity index (χ1v) is 11.5. The van der Waals surface area contributed by atoms with Crippen molar-refractivity contribution in [2.45, 2.75) is 26.4 Å². The third-order valence-corrected chi connectivity index (χ3v) is 6.96. The first-order valence-electron chi connectivity index (χ1n) is 8.81. The minimum Gasteiger partial charge on any atom is -0.325 e. The summed E-state index contributed by atoms with van der Waals surface area (Å²) in [6, 6.07) is 3.21. The number of hydrogen-bond donors (Lipinski definition) is 0. The molecule has 0 saturated carbocycles. The topological polar surface area (TPSA) is 78.0 Å². The minimum atomic E-state index is -3.72. The molecule has 0 N–H and O–H groups in total. The molecule has 148 valence electrons. The fraction of sp³-hybridized carbons (Fsp3) is 0.556. The van der Waals surface area contributed by atoms with Crippen LogP contribution in [0.1, 0.15) is 28.4 Å². The van der Waals surface area contributed by atoms with Crippen LogP contribution in [-0.4, -0.2) is 67.3 Å². The van der Waals surface area contributed by atoms with Crippen LogP contribution < -0.4 is 0 Å². The Morgan fingerprint density at radius 2 is 2.00 bits per heavy atom. The second-order valence-corrected chi connectivity index (χ2v) is 10.7. The van der Waals surface area contributed by atoms with E-state index in [1.165, 1.54) is 11.3 Å². The molecule has 2 aliphatic heterocycles. The van der Waals surface area contributed by atoms with E-state index in [-0.39, 0.29) is 11.8 Å². The summed E-state index contributed by atoms with van der Waals surface area (Å²) in [6.07, 6.45) is 2.72. The lowest BCUT2D eigenvalue weighted by Gasteiger charge is -2.28. The summed E-state index contributed by atoms with van der Waals surface area (Å²) >= 11 is 1.43. The third-order valence-electron chi connectivity index (χ3n) is 4.85. The molecule has 0 bridgehead atoms. The molecular formula is C18H25N3O4S2. The average Bonchev–Trinajstić information content (AvgIpc) is 3.18. The molecule has 1 aromatic rings. The van der Waals surface area contributed by atoms with Crippen molar-refractivity contribution in [3.8, 4) is 0 Å². The van der Waals surface area contributed by atoms with Gasteiger partial charge in [-0.25, -0.2) is 12.7 Å². The number of sulfonamides is 1. The smallest absolute Gasteiger partial charge is 0.264 e. The van der Waals surface area contributed by atoms with Gasteiger partial charge >= 0.3 is 0 Å². The van der Waals surface area contributed by atoms with Crippen molar-refractivity contribution in [1.82, 2.24) is 14.1 Å². The summed E-state index contributed by atoms with van der Waals surface area (Å²) in [7, 11) is 0.214. The molecule has 0 aromatic carbocycles. The number of hydrogen-bond acceptors (Lipinski definition) is 6. The maximum Gasteiger partial charge on any atom is 0.264 e. The monoisotopic (exact) mass is 411 g/mol. The lowest BCUT2D eigenvalue weighted by molar-refractivity contribution is -0.128. The minimum absolute atomic E-state index is 0.0845. The molecule has 1 saturated heterocycles. The summed E-state index contributed by atoms with van der Waals surface area (Å²) in [5, 5.41) is 0. The highest BCUT2D eigenvalue weighted by Gasteiger charge is 2.54. The van der Waals surface area contributed by atoms with Crippen LogP contribution in [0.4, 0.5) is 0 Å². The molecular weight excluding hydrogens is 386 g/mol. The summed E-state index contributed by atoms with van der Waals surface area (Å²) in [5.74, 6) is -1.24. The van der Waals surface area contributed by atoms with Crippen LogP contribution in [0.2, 0.25) is 0 Å². The first-order chi connectivity index (χ1) is 12.5. The van der Waals surface area contributed by atoms with Crippen molar-refractivity contribution in [2.24, 2.45) is 11.8 Å². The highest BCUT2D eigenvalue weighted by Crippen LogP contribution is 2.42. The van der Waals surface area contributed by atoms with Gasteiger partial charge in [0.05, 0.1) is 28.8 Å². The van der Waals surface area contributed by atoms with E-state index in [2.05, 4.69) is 0 Å². The van der Waals surface area contributed by atoms with Crippen LogP contribution in [-0.2, 0) is 21.4 Å². The van der Waals surface area contributed by atoms with Crippen LogP contribution >= 0.6 is 11.3 Å². The molecule has 27 heavy (non-hydrogen) atoms. The Balaban J connectivity index is 1.92. The van der Waals surface area contributed by atoms with Gasteiger partial charge in [-0.3, -0.25) is 9.59 Å². The van der Waals surface area contributed by atoms with Crippen molar-refractivity contribution in [3.63, 3.8) is 0 Å². The van der Waals surface area contributed by atoms with Gasteiger partial charge < -0.3 is 9.80 Å². The third kappa shape index (κ3) is 3.55. The molecule has 1 aromatic heterocycles. The standard InChI is InChI=1S/C18H25N3O4S2/c1-11(2)15-16-13(21(18(15)23)27(5,24)25)8-9-20(16)17(22)14-7-6-12(26-14)10-19(3)4/h6-8,11,15-16H,9-10H2,1-5H3/t15-,16+/m1/s1. The van der Waals surface area contributed by atoms with Gasteiger partial charge in [0.15, 0.2) is 0 Å². The number of carbonyl (C=O) groups is 2. The van der Waals surface area contributed by atoms with Crippen molar-refractivity contribution < 1.29 is 18.0 Å². The second-order valence-electron chi connectivity index (χ2n) is 7.67. The van der Waals surface area contributed by atoms with Crippen molar-refractivity contribution >= 4 is 33.2 Å². The van der Waals surface area contributed by atoms with E-state index in [1.54, 1.807) is 17.0 Å². The number of fused-ring (bicyclic) bond motifs is 1. The van der Waals surface area contributed by atoms with Crippen LogP contribution in [0.3, 0.4) is 0 Å². The Morgan fingerprint density at radius 3 is 2.56 bits per heavy atom. The molecule has 9 heteroatoms. The Hall–Kier alpha value is -1.71. The quantitative estimate of drug-likeness (QED) is 0.735. The highest BCUT2D eigenvalue weighted by molar-refractivity contribution is 7.89. The van der Waals surface area contributed by atoms with Gasteiger partial charge in [-0.05, 0) is 38.2 Å². The first kappa shape index (κ1) is 20.0. The van der Waals surface area contributed by atoms with Gasteiger partial charge in [0.25, 0.3) is 5.91 Å². The summed E-state index contributed by atoms with van der Waals surface area (Å²) in [6.45, 7) is 4.82. The van der Waals surface area contributed by atoms with Gasteiger partial charge in [-0.1, -0.05) is 13.8 Å². The van der Waals surface area contributed by atoms with E-state index in [1.807, 2.05) is 38.9 Å². The van der Waals surface area contributed by atoms with E-state index >= 15 is 0 Å². The molecule has 0 aliphatic carbocycles. The maximum atomic E-state index is 13.1. The molecule has 2 atom stereocenters. The molecule has 0 spiro atoms. The Kier molecular flexibility index (Phi) is 5.22. The number of thiophene rings is 1. The van der Waals surface area contributed by atoms with E-state index in [9.17, 15) is 18.0 Å². The van der Waals surface area contributed by atoms with Gasteiger partial charge in [-0.15, -0.1) is 11.3 Å². The summed E-state index contributed by atoms with van der Waals surface area (Å²) in [5.41, 5.74) is 0.416. The largest absolute Gasteiger partial charge is 0.325 e. The van der Waals surface area contributed by atoms with E-state index in [0.717, 1.165) is 22.0 Å². The van der Waals surface area contributed by atoms with Gasteiger partial charge in [0.1, 0.15) is 0 Å². The maximum absolute atomic E-state index is 13.1. The number of carbonyl (C=O) groups excluding carboxylic acids is 2. The van der Waals surface area contributed by atoms with Crippen molar-refractivity contribution in [3.05, 3.63) is 33.7 Å². The highest BCUT2D eigenvalue weighted by atomic mass is 32.2. The zero-order valence-electron chi connectivity index (χ0n) is 16.2. The summed E-state index contributed by atoms with van der Waals surface area (Å²) in [4.78, 5) is 31.3. The zero-order chi connectivity index (χ0) is 20.1. The van der Waals surface area contributed by atoms with E-state index in [4.69, 9.17) is 0 Å². The fourth-order valence-corrected chi connectivity index (χ4v) is 5.91. The van der Waals surface area contributed by atoms with Gasteiger partial charge in [-0.2, -0.15) is 0 Å². The van der Waals surface area contributed by atoms with Crippen LogP contribution in [0.15, 0.2) is 23.9 Å². The molecule has 3 rings (SSSR count). The molecule has 2 amide bonds. The number of amides is 2. The zero-order valence-corrected chi connectivity index (χ0v) is 17.8. The predicted octanol–water partition coefficient (Wildman–Crippen LogP) is 1.59. The molecule has 2 aliphatic rings. The Morgan fingerprint density at radius 1 is 1.33 bits per heavy atom. The summed E-state index contributed by atoms with van der Waals surface area (Å²) < 4.78 is 25.2. The second kappa shape index (κ2) is 7.03. The molecule has 0 unspecified atom stereocenters. The van der Waals surface area contributed by atoms with Crippen LogP contribution in [0.25, 0.3) is 0 Å². The average molecular weight is 412 g/mol. The molecule has 0 radical (unpaired) electrons. The fourth-order valence-electron chi connectivity index (χ4n) is 3.81. The lowest BCUT2D eigenvalue weighted by Crippen LogP contribution is -2.42. The van der Waals surface area contributed by atoms with Crippen molar-refractivity contribution in [1.29, 1.82) is 0 Å². The lowest BCUT2D eigenvalue weighted by atomic mass is 9.89. The van der Waals surface area contributed by atoms with Crippen LogP contribution in [0, 0.1) is 11.8 Å². The molecule has 7 nitrogen and oxygen atoms in total. The van der Waals surface area contributed by atoms with Gasteiger partial charge in [0, 0.05) is 18.0 Å². The van der Waals surface area contributed by atoms with Crippen molar-refractivity contribution in [2.75, 3.05) is 26.9 Å². The van der Waals surface area contributed by atoms with Gasteiger partial charge in [0.2, 0.25) is 15.9 Å². The van der Waals surface area contributed by atoms with E-state index < -0.39 is 27.9 Å². The predicted molar refractivity (Wildman–Crippen MR) is 105 cm³/mol. The number of nitrogens with zero attached hydrogens (tertiary/aromatic N) is 3. The normalized spacial score (nSPS) is 22.8.